The van der Waals surface area contributed by atoms with E-state index >= 15 is 0 Å². The molecule has 1 aliphatic rings. The molecule has 2 rings (SSSR count). The zero-order chi connectivity index (χ0) is 14.5. The monoisotopic (exact) mass is 273 g/mol. The van der Waals surface area contributed by atoms with Crippen LogP contribution in [0.5, 0.6) is 0 Å². The van der Waals surface area contributed by atoms with Gasteiger partial charge >= 0.3 is 0 Å². The average molecular weight is 273 g/mol. The molecule has 1 unspecified atom stereocenters. The molecule has 1 fully saturated rings. The Bertz CT molecular complexity index is 387. The van der Waals surface area contributed by atoms with Gasteiger partial charge in [0.1, 0.15) is 0 Å². The van der Waals surface area contributed by atoms with Crippen LogP contribution < -0.4 is 5.32 Å². The lowest BCUT2D eigenvalue weighted by molar-refractivity contribution is 0.352. The van der Waals surface area contributed by atoms with E-state index in [2.05, 4.69) is 57.3 Å². The minimum absolute atomic E-state index is 0.457. The summed E-state index contributed by atoms with van der Waals surface area (Å²) in [5.74, 6) is 1.62. The molecule has 1 N–H and O–H groups in total. The normalized spacial score (nSPS) is 19.4. The Morgan fingerprint density at radius 1 is 1.00 bits per heavy atom. The molecule has 0 amide bonds. The summed E-state index contributed by atoms with van der Waals surface area (Å²) >= 11 is 0. The number of hydrogen-bond acceptors (Lipinski definition) is 1. The number of nitrogens with one attached hydrogen (secondary N) is 1. The summed E-state index contributed by atoms with van der Waals surface area (Å²) in [6.45, 7) is 9.21. The van der Waals surface area contributed by atoms with Crippen LogP contribution in [-0.4, -0.2) is 6.04 Å². The molecule has 0 bridgehead atoms. The fourth-order valence-electron chi connectivity index (χ4n) is 3.50. The lowest BCUT2D eigenvalue weighted by atomic mass is 9.96. The van der Waals surface area contributed by atoms with Crippen molar-refractivity contribution in [3.05, 3.63) is 35.4 Å². The van der Waals surface area contributed by atoms with Gasteiger partial charge < -0.3 is 5.32 Å². The predicted octanol–water partition coefficient (Wildman–Crippen LogP) is 5.11. The van der Waals surface area contributed by atoms with Gasteiger partial charge in [0, 0.05) is 12.1 Å². The fraction of sp³-hybridized carbons (Fsp3) is 0.684. The quantitative estimate of drug-likeness (QED) is 0.759. The van der Waals surface area contributed by atoms with E-state index in [1.54, 1.807) is 0 Å². The second-order valence-corrected chi connectivity index (χ2v) is 7.06. The molecule has 1 heteroatoms. The molecule has 0 spiro atoms. The van der Waals surface area contributed by atoms with Gasteiger partial charge in [-0.2, -0.15) is 0 Å². The summed E-state index contributed by atoms with van der Waals surface area (Å²) in [5.41, 5.74) is 2.88. The Hall–Kier alpha value is -0.820. The standard InChI is InChI=1S/C19H31N/c1-14(2)13-17-9-11-19(12-10-17)16(4)20-15(3)18-7-5-6-8-18/h9-12,14-16,18,20H,5-8,13H2,1-4H3/t15-,16?/m1/s1. The molecular formula is C19H31N. The van der Waals surface area contributed by atoms with E-state index in [1.165, 1.54) is 43.2 Å². The first-order valence-electron chi connectivity index (χ1n) is 8.41. The minimum atomic E-state index is 0.457. The van der Waals surface area contributed by atoms with Crippen LogP contribution in [0.4, 0.5) is 0 Å². The molecule has 1 aromatic rings. The van der Waals surface area contributed by atoms with Crippen LogP contribution in [0.25, 0.3) is 0 Å². The molecule has 112 valence electrons. The largest absolute Gasteiger partial charge is 0.307 e. The summed E-state index contributed by atoms with van der Waals surface area (Å²) in [5, 5.41) is 3.80. The first-order chi connectivity index (χ1) is 9.56. The van der Waals surface area contributed by atoms with Gasteiger partial charge in [0.25, 0.3) is 0 Å². The van der Waals surface area contributed by atoms with Gasteiger partial charge in [-0.3, -0.25) is 0 Å². The van der Waals surface area contributed by atoms with Crippen molar-refractivity contribution in [1.29, 1.82) is 0 Å². The molecule has 2 atom stereocenters. The lowest BCUT2D eigenvalue weighted by Crippen LogP contribution is -2.34. The van der Waals surface area contributed by atoms with Crippen molar-refractivity contribution in [3.8, 4) is 0 Å². The third-order valence-corrected chi connectivity index (χ3v) is 4.74. The third kappa shape index (κ3) is 4.34. The Morgan fingerprint density at radius 3 is 2.15 bits per heavy atom. The van der Waals surface area contributed by atoms with Crippen molar-refractivity contribution in [3.63, 3.8) is 0 Å². The molecule has 0 radical (unpaired) electrons. The molecule has 1 aromatic carbocycles. The Morgan fingerprint density at radius 2 is 1.60 bits per heavy atom. The molecule has 0 heterocycles. The van der Waals surface area contributed by atoms with Crippen molar-refractivity contribution in [2.24, 2.45) is 11.8 Å². The summed E-state index contributed by atoms with van der Waals surface area (Å²) in [6, 6.07) is 10.3. The van der Waals surface area contributed by atoms with Gasteiger partial charge in [0.2, 0.25) is 0 Å². The highest BCUT2D eigenvalue weighted by molar-refractivity contribution is 5.25. The molecule has 0 aromatic heterocycles. The maximum absolute atomic E-state index is 3.80. The molecule has 0 aliphatic heterocycles. The van der Waals surface area contributed by atoms with Gasteiger partial charge in [-0.25, -0.2) is 0 Å². The summed E-state index contributed by atoms with van der Waals surface area (Å²) in [7, 11) is 0. The van der Waals surface area contributed by atoms with Crippen molar-refractivity contribution < 1.29 is 0 Å². The van der Waals surface area contributed by atoms with Crippen molar-refractivity contribution in [2.75, 3.05) is 0 Å². The van der Waals surface area contributed by atoms with E-state index in [1.807, 2.05) is 0 Å². The molecule has 0 saturated heterocycles. The number of hydrogen-bond donors (Lipinski definition) is 1. The Balaban J connectivity index is 1.89. The molecule has 1 saturated carbocycles. The highest BCUT2D eigenvalue weighted by Gasteiger charge is 2.22. The van der Waals surface area contributed by atoms with Crippen molar-refractivity contribution in [1.82, 2.24) is 5.32 Å². The van der Waals surface area contributed by atoms with E-state index in [0.29, 0.717) is 12.1 Å². The van der Waals surface area contributed by atoms with E-state index < -0.39 is 0 Å². The first kappa shape index (κ1) is 15.6. The maximum Gasteiger partial charge on any atom is 0.0294 e. The van der Waals surface area contributed by atoms with Crippen LogP contribution in [0.3, 0.4) is 0 Å². The van der Waals surface area contributed by atoms with Crippen LogP contribution in [0, 0.1) is 11.8 Å². The molecule has 20 heavy (non-hydrogen) atoms. The second kappa shape index (κ2) is 7.26. The predicted molar refractivity (Wildman–Crippen MR) is 88.0 cm³/mol. The van der Waals surface area contributed by atoms with Crippen LogP contribution in [0.2, 0.25) is 0 Å². The van der Waals surface area contributed by atoms with E-state index in [9.17, 15) is 0 Å². The Kier molecular flexibility index (Phi) is 5.65. The summed E-state index contributed by atoms with van der Waals surface area (Å²) in [4.78, 5) is 0. The fourth-order valence-corrected chi connectivity index (χ4v) is 3.50. The zero-order valence-corrected chi connectivity index (χ0v) is 13.7. The maximum atomic E-state index is 3.80. The van der Waals surface area contributed by atoms with E-state index in [4.69, 9.17) is 0 Å². The van der Waals surface area contributed by atoms with E-state index in [-0.39, 0.29) is 0 Å². The van der Waals surface area contributed by atoms with Gasteiger partial charge in [-0.05, 0) is 56.1 Å². The van der Waals surface area contributed by atoms with Gasteiger partial charge in [-0.15, -0.1) is 0 Å². The summed E-state index contributed by atoms with van der Waals surface area (Å²) in [6.07, 6.45) is 6.85. The van der Waals surface area contributed by atoms with Gasteiger partial charge in [-0.1, -0.05) is 51.0 Å². The molecule has 1 aliphatic carbocycles. The highest BCUT2D eigenvalue weighted by Crippen LogP contribution is 2.28. The molecule has 1 nitrogen and oxygen atoms in total. The van der Waals surface area contributed by atoms with Crippen LogP contribution in [-0.2, 0) is 6.42 Å². The number of benzene rings is 1. The van der Waals surface area contributed by atoms with Crippen molar-refractivity contribution in [2.45, 2.75) is 71.9 Å². The SMILES string of the molecule is CC(C)Cc1ccc(C(C)N[C@H](C)C2CCCC2)cc1. The van der Waals surface area contributed by atoms with E-state index in [0.717, 1.165) is 11.8 Å². The smallest absolute Gasteiger partial charge is 0.0294 e. The van der Waals surface area contributed by atoms with Gasteiger partial charge in [0.15, 0.2) is 0 Å². The minimum Gasteiger partial charge on any atom is -0.307 e. The van der Waals surface area contributed by atoms with Crippen LogP contribution in [0.1, 0.15) is 70.5 Å². The van der Waals surface area contributed by atoms with Crippen LogP contribution >= 0.6 is 0 Å². The summed E-state index contributed by atoms with van der Waals surface area (Å²) < 4.78 is 0. The number of rotatable bonds is 6. The first-order valence-corrected chi connectivity index (χ1v) is 8.41. The Labute approximate surface area is 125 Å². The van der Waals surface area contributed by atoms with Crippen molar-refractivity contribution >= 4 is 0 Å². The van der Waals surface area contributed by atoms with Crippen LogP contribution in [0.15, 0.2) is 24.3 Å². The molecular weight excluding hydrogens is 242 g/mol. The zero-order valence-electron chi connectivity index (χ0n) is 13.7. The lowest BCUT2D eigenvalue weighted by Gasteiger charge is -2.25. The second-order valence-electron chi connectivity index (χ2n) is 7.06. The highest BCUT2D eigenvalue weighted by atomic mass is 14.9. The van der Waals surface area contributed by atoms with Gasteiger partial charge in [0.05, 0.1) is 0 Å². The average Bonchev–Trinajstić information content (AvgIpc) is 2.92. The topological polar surface area (TPSA) is 12.0 Å². The third-order valence-electron chi connectivity index (χ3n) is 4.74.